The molecule has 0 atom stereocenters. The van der Waals surface area contributed by atoms with Crippen LogP contribution in [0.25, 0.3) is 11.1 Å². The quantitative estimate of drug-likeness (QED) is 0.832. The molecule has 0 aliphatic rings. The third-order valence-electron chi connectivity index (χ3n) is 2.40. The van der Waals surface area contributed by atoms with E-state index in [1.807, 2.05) is 25.1 Å². The van der Waals surface area contributed by atoms with Crippen molar-refractivity contribution in [2.45, 2.75) is 6.92 Å². The molecule has 0 heterocycles. The van der Waals surface area contributed by atoms with Crippen molar-refractivity contribution in [1.82, 2.24) is 0 Å². The minimum atomic E-state index is 0.145. The zero-order valence-corrected chi connectivity index (χ0v) is 10.3. The van der Waals surface area contributed by atoms with Gasteiger partial charge in [0.2, 0.25) is 0 Å². The minimum absolute atomic E-state index is 0.145. The van der Waals surface area contributed by atoms with Gasteiger partial charge in [0.05, 0.1) is 4.47 Å². The molecule has 0 saturated heterocycles. The second kappa shape index (κ2) is 4.18. The maximum Gasteiger partial charge on any atom is 0.137 e. The average Bonchev–Trinajstić information content (AvgIpc) is 2.24. The predicted octanol–water partition coefficient (Wildman–Crippen LogP) is 3.84. The summed E-state index contributed by atoms with van der Waals surface area (Å²) in [5.41, 5.74) is 2.28. The van der Waals surface area contributed by atoms with Gasteiger partial charge in [0.15, 0.2) is 0 Å². The fourth-order valence-corrected chi connectivity index (χ4v) is 2.22. The number of rotatable bonds is 1. The van der Waals surface area contributed by atoms with Crippen molar-refractivity contribution >= 4 is 15.9 Å². The molecule has 0 aliphatic carbocycles. The molecule has 2 aromatic rings. The van der Waals surface area contributed by atoms with Crippen LogP contribution in [0.1, 0.15) is 5.56 Å². The molecular formula is C13H11BrO2. The molecule has 2 aromatic carbocycles. The highest BCUT2D eigenvalue weighted by molar-refractivity contribution is 9.10. The largest absolute Gasteiger partial charge is 0.507 e. The summed E-state index contributed by atoms with van der Waals surface area (Å²) in [6.45, 7) is 1.94. The van der Waals surface area contributed by atoms with Gasteiger partial charge in [-0.05, 0) is 46.6 Å². The predicted molar refractivity (Wildman–Crippen MR) is 67.6 cm³/mol. The molecule has 2 N–H and O–H groups in total. The van der Waals surface area contributed by atoms with E-state index < -0.39 is 0 Å². The second-order valence-corrected chi connectivity index (χ2v) is 4.51. The number of phenols is 2. The first-order chi connectivity index (χ1) is 7.59. The highest BCUT2D eigenvalue weighted by Crippen LogP contribution is 2.39. The molecule has 0 saturated carbocycles. The number of phenolic OH excluding ortho intramolecular Hbond substituents is 2. The Kier molecular flexibility index (Phi) is 2.88. The number of hydrogen-bond donors (Lipinski definition) is 2. The van der Waals surface area contributed by atoms with Crippen LogP contribution >= 0.6 is 15.9 Å². The third-order valence-corrected chi connectivity index (χ3v) is 3.01. The number of aryl methyl sites for hydroxylation is 1. The van der Waals surface area contributed by atoms with Crippen LogP contribution in [0.2, 0.25) is 0 Å². The molecule has 0 radical (unpaired) electrons. The van der Waals surface area contributed by atoms with E-state index in [-0.39, 0.29) is 11.5 Å². The van der Waals surface area contributed by atoms with Crippen molar-refractivity contribution in [3.63, 3.8) is 0 Å². The zero-order valence-electron chi connectivity index (χ0n) is 8.74. The van der Waals surface area contributed by atoms with Gasteiger partial charge in [-0.2, -0.15) is 0 Å². The molecule has 2 nitrogen and oxygen atoms in total. The summed E-state index contributed by atoms with van der Waals surface area (Å²) in [6, 6.07) is 10.6. The molecule has 2 rings (SSSR count). The molecule has 0 aromatic heterocycles. The lowest BCUT2D eigenvalue weighted by molar-refractivity contribution is 0.467. The van der Waals surface area contributed by atoms with E-state index in [1.54, 1.807) is 18.2 Å². The van der Waals surface area contributed by atoms with Crippen LogP contribution in [0.3, 0.4) is 0 Å². The van der Waals surface area contributed by atoms with E-state index in [0.29, 0.717) is 15.6 Å². The minimum Gasteiger partial charge on any atom is -0.507 e. The van der Waals surface area contributed by atoms with E-state index in [9.17, 15) is 10.2 Å². The summed E-state index contributed by atoms with van der Waals surface area (Å²) in [6.07, 6.45) is 0. The van der Waals surface area contributed by atoms with Crippen molar-refractivity contribution in [1.29, 1.82) is 0 Å². The second-order valence-electron chi connectivity index (χ2n) is 3.66. The lowest BCUT2D eigenvalue weighted by atomic mass is 10.0. The first-order valence-electron chi connectivity index (χ1n) is 4.87. The lowest BCUT2D eigenvalue weighted by Crippen LogP contribution is -1.83. The molecule has 16 heavy (non-hydrogen) atoms. The normalized spacial score (nSPS) is 10.4. The van der Waals surface area contributed by atoms with Crippen molar-refractivity contribution in [3.8, 4) is 22.6 Å². The third kappa shape index (κ3) is 1.91. The molecule has 0 amide bonds. The standard InChI is InChI=1S/C13H11BrO2/c1-8-6-10(13(16)11(14)7-8)9-4-2-3-5-12(9)15/h2-7,15-16H,1H3. The van der Waals surface area contributed by atoms with Crippen molar-refractivity contribution in [2.75, 3.05) is 0 Å². The van der Waals surface area contributed by atoms with Crippen molar-refractivity contribution in [3.05, 3.63) is 46.4 Å². The summed E-state index contributed by atoms with van der Waals surface area (Å²) in [7, 11) is 0. The van der Waals surface area contributed by atoms with Crippen LogP contribution in [0, 0.1) is 6.92 Å². The zero-order chi connectivity index (χ0) is 11.7. The van der Waals surface area contributed by atoms with Crippen LogP contribution in [0.5, 0.6) is 11.5 Å². The number of aromatic hydroxyl groups is 2. The maximum atomic E-state index is 9.94. The van der Waals surface area contributed by atoms with Gasteiger partial charge in [-0.15, -0.1) is 0 Å². The van der Waals surface area contributed by atoms with Gasteiger partial charge in [-0.25, -0.2) is 0 Å². The molecule has 0 aliphatic heterocycles. The molecule has 82 valence electrons. The molecule has 0 unspecified atom stereocenters. The van der Waals surface area contributed by atoms with E-state index in [4.69, 9.17) is 0 Å². The van der Waals surface area contributed by atoms with Gasteiger partial charge < -0.3 is 10.2 Å². The van der Waals surface area contributed by atoms with Gasteiger partial charge in [-0.1, -0.05) is 18.2 Å². The van der Waals surface area contributed by atoms with E-state index in [1.165, 1.54) is 0 Å². The topological polar surface area (TPSA) is 40.5 Å². The van der Waals surface area contributed by atoms with Gasteiger partial charge in [0.25, 0.3) is 0 Å². The smallest absolute Gasteiger partial charge is 0.137 e. The molecule has 0 spiro atoms. The van der Waals surface area contributed by atoms with Crippen molar-refractivity contribution < 1.29 is 10.2 Å². The molecule has 3 heteroatoms. The number of para-hydroxylation sites is 1. The van der Waals surface area contributed by atoms with E-state index >= 15 is 0 Å². The number of benzene rings is 2. The number of hydrogen-bond acceptors (Lipinski definition) is 2. The number of halogens is 1. The molecular weight excluding hydrogens is 268 g/mol. The van der Waals surface area contributed by atoms with Crippen LogP contribution < -0.4 is 0 Å². The van der Waals surface area contributed by atoms with Crippen molar-refractivity contribution in [2.24, 2.45) is 0 Å². The Hall–Kier alpha value is -1.48. The van der Waals surface area contributed by atoms with Crippen LogP contribution in [-0.4, -0.2) is 10.2 Å². The Morgan fingerprint density at radius 2 is 1.69 bits per heavy atom. The lowest BCUT2D eigenvalue weighted by Gasteiger charge is -2.09. The van der Waals surface area contributed by atoms with Gasteiger partial charge in [0, 0.05) is 11.1 Å². The molecule has 0 bridgehead atoms. The van der Waals surface area contributed by atoms with E-state index in [2.05, 4.69) is 15.9 Å². The van der Waals surface area contributed by atoms with Crippen LogP contribution in [0.4, 0.5) is 0 Å². The average molecular weight is 279 g/mol. The SMILES string of the molecule is Cc1cc(Br)c(O)c(-c2ccccc2O)c1. The first-order valence-corrected chi connectivity index (χ1v) is 5.66. The Morgan fingerprint density at radius 1 is 1.00 bits per heavy atom. The fraction of sp³-hybridized carbons (Fsp3) is 0.0769. The Morgan fingerprint density at radius 3 is 2.38 bits per heavy atom. The summed E-state index contributed by atoms with van der Waals surface area (Å²) in [5, 5.41) is 19.7. The highest BCUT2D eigenvalue weighted by Gasteiger charge is 2.11. The van der Waals surface area contributed by atoms with Gasteiger partial charge >= 0.3 is 0 Å². The Balaban J connectivity index is 2.69. The highest BCUT2D eigenvalue weighted by atomic mass is 79.9. The summed E-state index contributed by atoms with van der Waals surface area (Å²) in [5.74, 6) is 0.308. The summed E-state index contributed by atoms with van der Waals surface area (Å²) in [4.78, 5) is 0. The summed E-state index contributed by atoms with van der Waals surface area (Å²) < 4.78 is 0.630. The van der Waals surface area contributed by atoms with Crippen LogP contribution in [0.15, 0.2) is 40.9 Å². The summed E-state index contributed by atoms with van der Waals surface area (Å²) >= 11 is 3.29. The molecule has 0 fully saturated rings. The van der Waals surface area contributed by atoms with Gasteiger partial charge in [0.1, 0.15) is 11.5 Å². The van der Waals surface area contributed by atoms with Gasteiger partial charge in [-0.3, -0.25) is 0 Å². The van der Waals surface area contributed by atoms with Crippen LogP contribution in [-0.2, 0) is 0 Å². The Labute approximate surface area is 102 Å². The fourth-order valence-electron chi connectivity index (χ4n) is 1.64. The maximum absolute atomic E-state index is 9.94. The Bertz CT molecular complexity index is 535. The first kappa shape index (κ1) is 11.0. The van der Waals surface area contributed by atoms with E-state index in [0.717, 1.165) is 5.56 Å². The monoisotopic (exact) mass is 278 g/mol.